The van der Waals surface area contributed by atoms with Crippen LogP contribution in [0.1, 0.15) is 27.6 Å². The number of methoxy groups -OCH3 is 1. The first kappa shape index (κ1) is 14.3. The molecule has 1 unspecified atom stereocenters. The van der Waals surface area contributed by atoms with Crippen molar-refractivity contribution in [3.8, 4) is 5.75 Å². The molecule has 0 aliphatic heterocycles. The average Bonchev–Trinajstić information content (AvgIpc) is 2.78. The zero-order valence-corrected chi connectivity index (χ0v) is 12.7. The van der Waals surface area contributed by atoms with Crippen molar-refractivity contribution in [1.29, 1.82) is 0 Å². The van der Waals surface area contributed by atoms with E-state index in [-0.39, 0.29) is 6.04 Å². The number of hydrogen-bond acceptors (Lipinski definition) is 4. The monoisotopic (exact) mass is 296 g/mol. The number of benzene rings is 1. The number of hydrazine groups is 1. The second-order valence-corrected chi connectivity index (χ2v) is 5.79. The largest absolute Gasteiger partial charge is 0.496 e. The van der Waals surface area contributed by atoms with Gasteiger partial charge in [-0.1, -0.05) is 17.7 Å². The quantitative estimate of drug-likeness (QED) is 0.670. The smallest absolute Gasteiger partial charge is 0.124 e. The molecule has 0 fully saturated rings. The molecule has 0 bridgehead atoms. The molecule has 3 N–H and O–H groups in total. The number of ether oxygens (including phenoxy) is 1. The molecule has 0 saturated carbocycles. The van der Waals surface area contributed by atoms with Crippen molar-refractivity contribution in [3.63, 3.8) is 0 Å². The fourth-order valence-corrected chi connectivity index (χ4v) is 3.51. The molecule has 2 rings (SSSR count). The highest BCUT2D eigenvalue weighted by Crippen LogP contribution is 2.38. The van der Waals surface area contributed by atoms with E-state index in [4.69, 9.17) is 22.2 Å². The summed E-state index contributed by atoms with van der Waals surface area (Å²) < 4.78 is 5.49. The SMILES string of the molecule is COc1cc(C)cc(C)c1C(NN)c1sccc1Cl. The summed E-state index contributed by atoms with van der Waals surface area (Å²) >= 11 is 7.80. The van der Waals surface area contributed by atoms with Gasteiger partial charge in [0.1, 0.15) is 5.75 Å². The summed E-state index contributed by atoms with van der Waals surface area (Å²) in [6.45, 7) is 4.10. The van der Waals surface area contributed by atoms with Crippen LogP contribution < -0.4 is 16.0 Å². The molecule has 0 amide bonds. The molecule has 0 spiro atoms. The molecule has 3 nitrogen and oxygen atoms in total. The predicted molar refractivity (Wildman–Crippen MR) is 81.0 cm³/mol. The molecule has 0 radical (unpaired) electrons. The van der Waals surface area contributed by atoms with E-state index in [2.05, 4.69) is 18.4 Å². The molecule has 1 aromatic heterocycles. The van der Waals surface area contributed by atoms with Gasteiger partial charge in [-0.05, 0) is 42.5 Å². The number of rotatable bonds is 4. The topological polar surface area (TPSA) is 47.3 Å². The Morgan fingerprint density at radius 3 is 2.63 bits per heavy atom. The van der Waals surface area contributed by atoms with Crippen molar-refractivity contribution < 1.29 is 4.74 Å². The molecule has 0 aliphatic carbocycles. The molecular weight excluding hydrogens is 280 g/mol. The van der Waals surface area contributed by atoms with Crippen LogP contribution in [0.2, 0.25) is 5.02 Å². The number of aryl methyl sites for hydroxylation is 2. The lowest BCUT2D eigenvalue weighted by atomic mass is 9.97. The van der Waals surface area contributed by atoms with Gasteiger partial charge < -0.3 is 4.74 Å². The van der Waals surface area contributed by atoms with Gasteiger partial charge in [0.25, 0.3) is 0 Å². The normalized spacial score (nSPS) is 12.5. The van der Waals surface area contributed by atoms with Crippen LogP contribution in [-0.2, 0) is 0 Å². The van der Waals surface area contributed by atoms with E-state index in [1.165, 1.54) is 0 Å². The zero-order valence-electron chi connectivity index (χ0n) is 11.2. The van der Waals surface area contributed by atoms with Crippen LogP contribution in [0.5, 0.6) is 5.75 Å². The second kappa shape index (κ2) is 5.92. The first-order valence-corrected chi connectivity index (χ1v) is 7.18. The molecule has 2 aromatic rings. The van der Waals surface area contributed by atoms with Crippen molar-refractivity contribution >= 4 is 22.9 Å². The summed E-state index contributed by atoms with van der Waals surface area (Å²) in [6.07, 6.45) is 0. The highest BCUT2D eigenvalue weighted by atomic mass is 35.5. The number of nitrogens with two attached hydrogens (primary N) is 1. The van der Waals surface area contributed by atoms with Crippen molar-refractivity contribution in [2.75, 3.05) is 7.11 Å². The Balaban J connectivity index is 2.59. The van der Waals surface area contributed by atoms with Crippen LogP contribution in [0, 0.1) is 13.8 Å². The maximum Gasteiger partial charge on any atom is 0.124 e. The molecule has 102 valence electrons. The van der Waals surface area contributed by atoms with Crippen molar-refractivity contribution in [3.05, 3.63) is 50.2 Å². The zero-order chi connectivity index (χ0) is 14.0. The van der Waals surface area contributed by atoms with E-state index in [0.717, 1.165) is 32.3 Å². The first-order valence-electron chi connectivity index (χ1n) is 5.92. The van der Waals surface area contributed by atoms with Gasteiger partial charge in [0.15, 0.2) is 0 Å². The van der Waals surface area contributed by atoms with Gasteiger partial charge in [0, 0.05) is 10.4 Å². The van der Waals surface area contributed by atoms with E-state index in [9.17, 15) is 0 Å². The Hall–Kier alpha value is -1.07. The summed E-state index contributed by atoms with van der Waals surface area (Å²) in [5, 5.41) is 2.67. The minimum absolute atomic E-state index is 0.164. The van der Waals surface area contributed by atoms with Crippen molar-refractivity contribution in [2.45, 2.75) is 19.9 Å². The Kier molecular flexibility index (Phi) is 4.47. The Labute approximate surface area is 122 Å². The average molecular weight is 297 g/mol. The minimum Gasteiger partial charge on any atom is -0.496 e. The maximum absolute atomic E-state index is 6.22. The number of nitrogens with one attached hydrogen (secondary N) is 1. The molecule has 1 aromatic carbocycles. The standard InChI is InChI=1S/C14H17ClN2OS/c1-8-6-9(2)12(11(7-8)18-3)13(17-16)14-10(15)4-5-19-14/h4-7,13,17H,16H2,1-3H3. The Bertz CT molecular complexity index is 583. The third kappa shape index (κ3) is 2.77. The fourth-order valence-electron chi connectivity index (χ4n) is 2.28. The van der Waals surface area contributed by atoms with Gasteiger partial charge >= 0.3 is 0 Å². The molecule has 0 saturated heterocycles. The van der Waals surface area contributed by atoms with Gasteiger partial charge in [-0.25, -0.2) is 5.43 Å². The van der Waals surface area contributed by atoms with Crippen molar-refractivity contribution in [1.82, 2.24) is 5.43 Å². The Morgan fingerprint density at radius 1 is 1.37 bits per heavy atom. The number of halogens is 1. The van der Waals surface area contributed by atoms with Crippen LogP contribution in [0.3, 0.4) is 0 Å². The lowest BCUT2D eigenvalue weighted by Crippen LogP contribution is -2.29. The number of thiophene rings is 1. The molecule has 19 heavy (non-hydrogen) atoms. The minimum atomic E-state index is -0.164. The summed E-state index contributed by atoms with van der Waals surface area (Å²) in [4.78, 5) is 0.995. The lowest BCUT2D eigenvalue weighted by molar-refractivity contribution is 0.403. The molecule has 1 atom stereocenters. The maximum atomic E-state index is 6.22. The fraction of sp³-hybridized carbons (Fsp3) is 0.286. The summed E-state index contributed by atoms with van der Waals surface area (Å²) in [6, 6.07) is 5.84. The van der Waals surface area contributed by atoms with Gasteiger partial charge in [0.05, 0.1) is 18.2 Å². The third-order valence-corrected chi connectivity index (χ3v) is 4.50. The molecule has 1 heterocycles. The highest BCUT2D eigenvalue weighted by Gasteiger charge is 2.22. The summed E-state index contributed by atoms with van der Waals surface area (Å²) in [5.74, 6) is 6.56. The second-order valence-electron chi connectivity index (χ2n) is 4.43. The van der Waals surface area contributed by atoms with Crippen LogP contribution >= 0.6 is 22.9 Å². The molecular formula is C14H17ClN2OS. The first-order chi connectivity index (χ1) is 9.08. The van der Waals surface area contributed by atoms with Gasteiger partial charge in [-0.15, -0.1) is 11.3 Å². The molecule has 5 heteroatoms. The van der Waals surface area contributed by atoms with E-state index in [1.807, 2.05) is 24.4 Å². The third-order valence-electron chi connectivity index (χ3n) is 3.08. The van der Waals surface area contributed by atoms with Crippen LogP contribution in [0.25, 0.3) is 0 Å². The van der Waals surface area contributed by atoms with Crippen LogP contribution in [0.15, 0.2) is 23.6 Å². The lowest BCUT2D eigenvalue weighted by Gasteiger charge is -2.21. The highest BCUT2D eigenvalue weighted by molar-refractivity contribution is 7.10. The number of hydrogen-bond donors (Lipinski definition) is 2. The van der Waals surface area contributed by atoms with Gasteiger partial charge in [0.2, 0.25) is 0 Å². The summed E-state index contributed by atoms with van der Waals surface area (Å²) in [5.41, 5.74) is 6.16. The van der Waals surface area contributed by atoms with E-state index in [1.54, 1.807) is 18.4 Å². The van der Waals surface area contributed by atoms with E-state index >= 15 is 0 Å². The van der Waals surface area contributed by atoms with Crippen LogP contribution in [-0.4, -0.2) is 7.11 Å². The van der Waals surface area contributed by atoms with E-state index in [0.29, 0.717) is 0 Å². The van der Waals surface area contributed by atoms with E-state index < -0.39 is 0 Å². The van der Waals surface area contributed by atoms with Crippen LogP contribution in [0.4, 0.5) is 0 Å². The van der Waals surface area contributed by atoms with Gasteiger partial charge in [-0.2, -0.15) is 0 Å². The predicted octanol–water partition coefficient (Wildman–Crippen LogP) is 3.58. The Morgan fingerprint density at radius 2 is 2.11 bits per heavy atom. The van der Waals surface area contributed by atoms with Crippen molar-refractivity contribution in [2.24, 2.45) is 5.84 Å². The van der Waals surface area contributed by atoms with Gasteiger partial charge in [-0.3, -0.25) is 5.84 Å². The molecule has 0 aliphatic rings. The summed E-state index contributed by atoms with van der Waals surface area (Å²) in [7, 11) is 1.67.